The number of hydrogen-bond acceptors (Lipinski definition) is 4. The highest BCUT2D eigenvalue weighted by molar-refractivity contribution is 6.09. The number of carbonyl (C=O) groups excluding carboxylic acids is 1. The van der Waals surface area contributed by atoms with Gasteiger partial charge in [0.15, 0.2) is 0 Å². The molecule has 1 saturated carbocycles. The molecule has 27 heavy (non-hydrogen) atoms. The second-order valence-electron chi connectivity index (χ2n) is 6.95. The quantitative estimate of drug-likeness (QED) is 0.667. The second kappa shape index (κ2) is 7.08. The third-order valence-corrected chi connectivity index (χ3v) is 5.14. The van der Waals surface area contributed by atoms with Gasteiger partial charge in [0.2, 0.25) is 0 Å². The van der Waals surface area contributed by atoms with Crippen molar-refractivity contribution in [3.05, 3.63) is 66.1 Å². The number of nitrogens with one attached hydrogen (secondary N) is 1. The molecule has 0 saturated heterocycles. The Labute approximate surface area is 157 Å². The Morgan fingerprint density at radius 1 is 1.22 bits per heavy atom. The molecule has 0 radical (unpaired) electrons. The van der Waals surface area contributed by atoms with E-state index < -0.39 is 5.60 Å². The molecule has 1 amide bonds. The van der Waals surface area contributed by atoms with Crippen molar-refractivity contribution in [3.63, 3.8) is 0 Å². The van der Waals surface area contributed by atoms with Crippen molar-refractivity contribution in [1.82, 2.24) is 5.32 Å². The van der Waals surface area contributed by atoms with Gasteiger partial charge in [-0.3, -0.25) is 4.79 Å². The van der Waals surface area contributed by atoms with Crippen LogP contribution in [-0.2, 0) is 5.60 Å². The molecule has 1 aliphatic carbocycles. The fraction of sp³-hybridized carbons (Fsp3) is 0.318. The molecule has 1 atom stereocenters. The van der Waals surface area contributed by atoms with Crippen molar-refractivity contribution in [2.45, 2.75) is 25.4 Å². The molecular formula is C22H23NO4. The smallest absolute Gasteiger partial charge is 0.255 e. The average molecular weight is 365 g/mol. The molecule has 2 N–H and O–H groups in total. The molecule has 0 spiro atoms. The standard InChI is InChI=1S/C22H23NO4/c1-2-26-18-12-9-15-6-3-4-7-17(15)20(18)21(24)23-14-22(25,16-10-11-16)19-8-5-13-27-19/h3-9,12-13,16,25H,2,10-11,14H2,1H3,(H,23,24)/t22-/m0/s1. The van der Waals surface area contributed by atoms with E-state index in [4.69, 9.17) is 9.15 Å². The minimum absolute atomic E-state index is 0.0960. The summed E-state index contributed by atoms with van der Waals surface area (Å²) in [5.74, 6) is 0.874. The number of carbonyl (C=O) groups is 1. The summed E-state index contributed by atoms with van der Waals surface area (Å²) in [6.45, 7) is 2.45. The van der Waals surface area contributed by atoms with Gasteiger partial charge in [-0.15, -0.1) is 0 Å². The summed E-state index contributed by atoms with van der Waals surface area (Å²) in [6, 6.07) is 15.0. The van der Waals surface area contributed by atoms with Gasteiger partial charge >= 0.3 is 0 Å². The van der Waals surface area contributed by atoms with E-state index in [2.05, 4.69) is 5.32 Å². The normalized spacial score (nSPS) is 16.1. The lowest BCUT2D eigenvalue weighted by Crippen LogP contribution is -2.42. The molecule has 1 heterocycles. The van der Waals surface area contributed by atoms with E-state index in [9.17, 15) is 9.90 Å². The van der Waals surface area contributed by atoms with Crippen LogP contribution in [0, 0.1) is 5.92 Å². The van der Waals surface area contributed by atoms with Gasteiger partial charge in [0.25, 0.3) is 5.91 Å². The van der Waals surface area contributed by atoms with Crippen LogP contribution in [0.25, 0.3) is 10.8 Å². The minimum Gasteiger partial charge on any atom is -0.493 e. The Morgan fingerprint density at radius 2 is 2.04 bits per heavy atom. The number of benzene rings is 2. The SMILES string of the molecule is CCOc1ccc2ccccc2c1C(=O)NC[C@@](O)(c1ccco1)C1CC1. The lowest BCUT2D eigenvalue weighted by atomic mass is 9.94. The van der Waals surface area contributed by atoms with Crippen molar-refractivity contribution in [2.24, 2.45) is 5.92 Å². The summed E-state index contributed by atoms with van der Waals surface area (Å²) in [5, 5.41) is 15.9. The van der Waals surface area contributed by atoms with Crippen molar-refractivity contribution >= 4 is 16.7 Å². The minimum atomic E-state index is -1.18. The molecule has 0 bridgehead atoms. The number of hydrogen-bond donors (Lipinski definition) is 2. The highest BCUT2D eigenvalue weighted by Crippen LogP contribution is 2.45. The van der Waals surface area contributed by atoms with Crippen molar-refractivity contribution < 1.29 is 19.1 Å². The van der Waals surface area contributed by atoms with Gasteiger partial charge in [-0.1, -0.05) is 30.3 Å². The number of amides is 1. The number of rotatable bonds is 7. The van der Waals surface area contributed by atoms with Crippen molar-refractivity contribution in [2.75, 3.05) is 13.2 Å². The first-order valence-corrected chi connectivity index (χ1v) is 9.32. The molecule has 0 aliphatic heterocycles. The number of ether oxygens (including phenoxy) is 1. The predicted molar refractivity (Wildman–Crippen MR) is 103 cm³/mol. The van der Waals surface area contributed by atoms with E-state index >= 15 is 0 Å². The van der Waals surface area contributed by atoms with Gasteiger partial charge < -0.3 is 19.6 Å². The zero-order valence-corrected chi connectivity index (χ0v) is 15.3. The Morgan fingerprint density at radius 3 is 2.74 bits per heavy atom. The van der Waals surface area contributed by atoms with Crippen LogP contribution in [0.4, 0.5) is 0 Å². The second-order valence-corrected chi connectivity index (χ2v) is 6.95. The summed E-state index contributed by atoms with van der Waals surface area (Å²) in [6.07, 6.45) is 3.39. The topological polar surface area (TPSA) is 71.7 Å². The van der Waals surface area contributed by atoms with E-state index in [0.717, 1.165) is 23.6 Å². The van der Waals surface area contributed by atoms with Crippen molar-refractivity contribution in [3.8, 4) is 5.75 Å². The number of fused-ring (bicyclic) bond motifs is 1. The first kappa shape index (κ1) is 17.6. The van der Waals surface area contributed by atoms with Gasteiger partial charge in [0, 0.05) is 0 Å². The van der Waals surface area contributed by atoms with Crippen LogP contribution in [0.3, 0.4) is 0 Å². The molecule has 1 aliphatic rings. The fourth-order valence-corrected chi connectivity index (χ4v) is 3.58. The maximum absolute atomic E-state index is 13.1. The van der Waals surface area contributed by atoms with E-state index in [1.807, 2.05) is 43.3 Å². The Balaban J connectivity index is 1.64. The molecule has 0 unspecified atom stereocenters. The van der Waals surface area contributed by atoms with Gasteiger partial charge in [-0.05, 0) is 54.7 Å². The highest BCUT2D eigenvalue weighted by atomic mass is 16.5. The predicted octanol–water partition coefficient (Wildman–Crippen LogP) is 3.86. The van der Waals surface area contributed by atoms with E-state index in [0.29, 0.717) is 23.7 Å². The molecule has 3 aromatic rings. The fourth-order valence-electron chi connectivity index (χ4n) is 3.58. The Bertz CT molecular complexity index is 946. The monoisotopic (exact) mass is 365 g/mol. The van der Waals surface area contributed by atoms with Crippen LogP contribution < -0.4 is 10.1 Å². The molecular weight excluding hydrogens is 342 g/mol. The number of furan rings is 1. The zero-order chi connectivity index (χ0) is 18.9. The lowest BCUT2D eigenvalue weighted by molar-refractivity contribution is -0.00612. The summed E-state index contributed by atoms with van der Waals surface area (Å²) < 4.78 is 11.1. The molecule has 1 fully saturated rings. The van der Waals surface area contributed by atoms with Crippen LogP contribution in [-0.4, -0.2) is 24.2 Å². The summed E-state index contributed by atoms with van der Waals surface area (Å²) in [4.78, 5) is 13.1. The first-order valence-electron chi connectivity index (χ1n) is 9.32. The maximum Gasteiger partial charge on any atom is 0.255 e. The molecule has 2 aromatic carbocycles. The van der Waals surface area contributed by atoms with Gasteiger partial charge in [0.05, 0.1) is 25.0 Å². The molecule has 1 aromatic heterocycles. The lowest BCUT2D eigenvalue weighted by Gasteiger charge is -2.26. The molecule has 140 valence electrons. The molecule has 4 rings (SSSR count). The average Bonchev–Trinajstić information content (AvgIpc) is 3.40. The third-order valence-electron chi connectivity index (χ3n) is 5.14. The van der Waals surface area contributed by atoms with E-state index in [1.54, 1.807) is 18.4 Å². The number of aliphatic hydroxyl groups is 1. The summed E-state index contributed by atoms with van der Waals surface area (Å²) in [5.41, 5.74) is -0.692. The van der Waals surface area contributed by atoms with Crippen LogP contribution in [0.1, 0.15) is 35.9 Å². The Hall–Kier alpha value is -2.79. The van der Waals surface area contributed by atoms with Crippen LogP contribution in [0.5, 0.6) is 5.75 Å². The molecule has 5 nitrogen and oxygen atoms in total. The van der Waals surface area contributed by atoms with E-state index in [-0.39, 0.29) is 18.4 Å². The largest absolute Gasteiger partial charge is 0.493 e. The zero-order valence-electron chi connectivity index (χ0n) is 15.3. The Kier molecular flexibility index (Phi) is 4.62. The highest BCUT2D eigenvalue weighted by Gasteiger charge is 2.47. The van der Waals surface area contributed by atoms with Gasteiger partial charge in [0.1, 0.15) is 17.1 Å². The van der Waals surface area contributed by atoms with Crippen molar-refractivity contribution in [1.29, 1.82) is 0 Å². The summed E-state index contributed by atoms with van der Waals surface area (Å²) in [7, 11) is 0. The summed E-state index contributed by atoms with van der Waals surface area (Å²) >= 11 is 0. The first-order chi connectivity index (χ1) is 13.1. The van der Waals surface area contributed by atoms with E-state index in [1.165, 1.54) is 0 Å². The van der Waals surface area contributed by atoms with Crippen LogP contribution >= 0.6 is 0 Å². The maximum atomic E-state index is 13.1. The van der Waals surface area contributed by atoms with Crippen LogP contribution in [0.2, 0.25) is 0 Å². The van der Waals surface area contributed by atoms with Crippen LogP contribution in [0.15, 0.2) is 59.2 Å². The third kappa shape index (κ3) is 3.30. The van der Waals surface area contributed by atoms with Gasteiger partial charge in [-0.25, -0.2) is 0 Å². The van der Waals surface area contributed by atoms with Gasteiger partial charge in [-0.2, -0.15) is 0 Å². The molecule has 5 heteroatoms.